The molecule has 0 aromatic rings. The normalized spacial score (nSPS) is 10.0. The van der Waals surface area contributed by atoms with Crippen molar-refractivity contribution >= 4 is 34.0 Å². The van der Waals surface area contributed by atoms with E-state index in [1.54, 1.807) is 0 Å². The molecular weight excluding hydrogens is 223 g/mol. The first kappa shape index (κ1) is 10.6. The molecule has 4 radical (unpaired) electrons. The van der Waals surface area contributed by atoms with Gasteiger partial charge < -0.3 is 0 Å². The molecule has 0 bridgehead atoms. The van der Waals surface area contributed by atoms with Gasteiger partial charge in [0.1, 0.15) is 0 Å². The SMILES string of the molecule is CCS(=O)(=O)O.[Sn]. The van der Waals surface area contributed by atoms with Crippen LogP contribution < -0.4 is 0 Å². The monoisotopic (exact) mass is 230 g/mol. The minimum absolute atomic E-state index is 0. The van der Waals surface area contributed by atoms with Crippen LogP contribution in [0.3, 0.4) is 0 Å². The van der Waals surface area contributed by atoms with Gasteiger partial charge in [0.2, 0.25) is 0 Å². The van der Waals surface area contributed by atoms with Crippen LogP contribution in [0.4, 0.5) is 0 Å². The predicted molar refractivity (Wildman–Crippen MR) is 27.8 cm³/mol. The van der Waals surface area contributed by atoms with Crippen LogP contribution in [0.25, 0.3) is 0 Å². The Morgan fingerprint density at radius 1 is 1.57 bits per heavy atom. The summed E-state index contributed by atoms with van der Waals surface area (Å²) >= 11 is 0. The third-order valence-electron chi connectivity index (χ3n) is 0.365. The van der Waals surface area contributed by atoms with Gasteiger partial charge >= 0.3 is 0 Å². The summed E-state index contributed by atoms with van der Waals surface area (Å²) in [6.45, 7) is 1.37. The van der Waals surface area contributed by atoms with Gasteiger partial charge in [-0.25, -0.2) is 0 Å². The molecule has 0 fully saturated rings. The molecule has 0 aliphatic rings. The molecule has 42 valence electrons. The molecule has 0 rings (SSSR count). The van der Waals surface area contributed by atoms with Crippen LogP contribution in [0.2, 0.25) is 0 Å². The van der Waals surface area contributed by atoms with Gasteiger partial charge in [-0.05, 0) is 6.92 Å². The van der Waals surface area contributed by atoms with Crippen LogP contribution in [-0.4, -0.2) is 42.6 Å². The Morgan fingerprint density at radius 2 is 1.71 bits per heavy atom. The van der Waals surface area contributed by atoms with Crippen LogP contribution in [-0.2, 0) is 10.1 Å². The quantitative estimate of drug-likeness (QED) is 0.487. The van der Waals surface area contributed by atoms with E-state index >= 15 is 0 Å². The molecule has 0 aliphatic heterocycles. The fourth-order valence-corrected chi connectivity index (χ4v) is 0. The van der Waals surface area contributed by atoms with Crippen molar-refractivity contribution in [2.45, 2.75) is 6.92 Å². The molecule has 1 N–H and O–H groups in total. The third-order valence-corrected chi connectivity index (χ3v) is 1.09. The van der Waals surface area contributed by atoms with Crippen molar-refractivity contribution in [3.63, 3.8) is 0 Å². The summed E-state index contributed by atoms with van der Waals surface area (Å²) in [5, 5.41) is 0. The van der Waals surface area contributed by atoms with Gasteiger partial charge in [0.05, 0.1) is 5.75 Å². The van der Waals surface area contributed by atoms with Crippen LogP contribution in [0.15, 0.2) is 0 Å². The third kappa shape index (κ3) is 10.8. The minimum Gasteiger partial charge on any atom is -0.286 e. The second-order valence-electron chi connectivity index (χ2n) is 0.871. The summed E-state index contributed by atoms with van der Waals surface area (Å²) in [6.07, 6.45) is 0. The topological polar surface area (TPSA) is 54.4 Å². The Bertz CT molecular complexity index is 115. The maximum atomic E-state index is 9.56. The van der Waals surface area contributed by atoms with Crippen molar-refractivity contribution in [3.05, 3.63) is 0 Å². The van der Waals surface area contributed by atoms with E-state index in [1.165, 1.54) is 6.92 Å². The van der Waals surface area contributed by atoms with Crippen LogP contribution >= 0.6 is 0 Å². The van der Waals surface area contributed by atoms with E-state index < -0.39 is 10.1 Å². The molecule has 0 atom stereocenters. The molecule has 3 nitrogen and oxygen atoms in total. The van der Waals surface area contributed by atoms with E-state index in [0.717, 1.165) is 0 Å². The first-order valence-corrected chi connectivity index (χ1v) is 3.12. The summed E-state index contributed by atoms with van der Waals surface area (Å²) < 4.78 is 26.9. The van der Waals surface area contributed by atoms with E-state index in [2.05, 4.69) is 0 Å². The van der Waals surface area contributed by atoms with Gasteiger partial charge in [0, 0.05) is 23.9 Å². The fraction of sp³-hybridized carbons (Fsp3) is 1.00. The van der Waals surface area contributed by atoms with E-state index in [0.29, 0.717) is 0 Å². The van der Waals surface area contributed by atoms with Gasteiger partial charge in [-0.2, -0.15) is 8.42 Å². The predicted octanol–water partition coefficient (Wildman–Crippen LogP) is -0.487. The average molecular weight is 229 g/mol. The van der Waals surface area contributed by atoms with Crippen molar-refractivity contribution in [3.8, 4) is 0 Å². The summed E-state index contributed by atoms with van der Waals surface area (Å²) in [4.78, 5) is 0. The average Bonchev–Trinajstić information content (AvgIpc) is 1.35. The molecule has 0 amide bonds. The first-order chi connectivity index (χ1) is 2.56. The zero-order valence-electron chi connectivity index (χ0n) is 3.88. The fourth-order valence-electron chi connectivity index (χ4n) is 0. The van der Waals surface area contributed by atoms with Crippen molar-refractivity contribution in [2.75, 3.05) is 5.75 Å². The van der Waals surface area contributed by atoms with E-state index in [4.69, 9.17) is 4.55 Å². The Morgan fingerprint density at radius 3 is 1.71 bits per heavy atom. The summed E-state index contributed by atoms with van der Waals surface area (Å²) in [5.41, 5.74) is 0. The Hall–Kier alpha value is 0.709. The standard InChI is InChI=1S/C2H6O3S.Sn/c1-2-6(3,4)5;/h2H2,1H3,(H,3,4,5);. The number of hydrogen-bond acceptors (Lipinski definition) is 2. The second kappa shape index (κ2) is 3.68. The molecule has 5 heteroatoms. The second-order valence-corrected chi connectivity index (χ2v) is 2.61. The number of hydrogen-bond donors (Lipinski definition) is 1. The molecule has 0 aliphatic carbocycles. The molecule has 0 heterocycles. The molecule has 0 aromatic carbocycles. The van der Waals surface area contributed by atoms with Crippen molar-refractivity contribution < 1.29 is 13.0 Å². The van der Waals surface area contributed by atoms with E-state index in [1.807, 2.05) is 0 Å². The van der Waals surface area contributed by atoms with E-state index in [-0.39, 0.29) is 29.7 Å². The number of rotatable bonds is 1. The van der Waals surface area contributed by atoms with Crippen LogP contribution in [0, 0.1) is 0 Å². The van der Waals surface area contributed by atoms with Gasteiger partial charge in [0.15, 0.2) is 0 Å². The first-order valence-electron chi connectivity index (χ1n) is 1.51. The van der Waals surface area contributed by atoms with Crippen molar-refractivity contribution in [2.24, 2.45) is 0 Å². The zero-order valence-corrected chi connectivity index (χ0v) is 7.55. The smallest absolute Gasteiger partial charge is 0.264 e. The van der Waals surface area contributed by atoms with Gasteiger partial charge in [-0.3, -0.25) is 4.55 Å². The molecule has 0 aromatic heterocycles. The molecule has 7 heavy (non-hydrogen) atoms. The summed E-state index contributed by atoms with van der Waals surface area (Å²) in [7, 11) is -3.66. The Kier molecular flexibility index (Phi) is 5.60. The minimum atomic E-state index is -3.66. The Balaban J connectivity index is 0. The molecule has 0 saturated heterocycles. The van der Waals surface area contributed by atoms with Gasteiger partial charge in [0.25, 0.3) is 10.1 Å². The maximum Gasteiger partial charge on any atom is 0.264 e. The Labute approximate surface area is 59.8 Å². The zero-order chi connectivity index (χ0) is 5.21. The van der Waals surface area contributed by atoms with Crippen LogP contribution in [0.5, 0.6) is 0 Å². The molecule has 0 saturated carbocycles. The van der Waals surface area contributed by atoms with Crippen molar-refractivity contribution in [1.29, 1.82) is 0 Å². The van der Waals surface area contributed by atoms with Gasteiger partial charge in [-0.1, -0.05) is 0 Å². The molecule has 0 unspecified atom stereocenters. The summed E-state index contributed by atoms with van der Waals surface area (Å²) in [5.74, 6) is -0.201. The maximum absolute atomic E-state index is 9.56. The summed E-state index contributed by atoms with van der Waals surface area (Å²) in [6, 6.07) is 0. The van der Waals surface area contributed by atoms with Crippen molar-refractivity contribution in [1.82, 2.24) is 0 Å². The molecule has 0 spiro atoms. The largest absolute Gasteiger partial charge is 0.286 e. The van der Waals surface area contributed by atoms with Gasteiger partial charge in [-0.15, -0.1) is 0 Å². The molecular formula is C2H6O3SSn. The van der Waals surface area contributed by atoms with Crippen LogP contribution in [0.1, 0.15) is 6.92 Å². The van der Waals surface area contributed by atoms with E-state index in [9.17, 15) is 8.42 Å².